The molecule has 1 unspecified atom stereocenters. The summed E-state index contributed by atoms with van der Waals surface area (Å²) in [7, 11) is 0. The summed E-state index contributed by atoms with van der Waals surface area (Å²) >= 11 is 0. The SMILES string of the molecule is Cc1ccc(NC(=O)CN2CC(c3ccccc3)CC2=O)cc1C. The van der Waals surface area contributed by atoms with Gasteiger partial charge in [0.1, 0.15) is 0 Å². The molecule has 124 valence electrons. The molecule has 0 bridgehead atoms. The summed E-state index contributed by atoms with van der Waals surface area (Å²) in [5.41, 5.74) is 4.25. The van der Waals surface area contributed by atoms with Crippen molar-refractivity contribution in [2.45, 2.75) is 26.2 Å². The molecule has 2 aromatic rings. The van der Waals surface area contributed by atoms with Crippen molar-refractivity contribution in [3.05, 3.63) is 65.2 Å². The third kappa shape index (κ3) is 3.65. The molecule has 2 amide bonds. The number of hydrogen-bond donors (Lipinski definition) is 1. The largest absolute Gasteiger partial charge is 0.333 e. The number of carbonyl (C=O) groups is 2. The van der Waals surface area contributed by atoms with Crippen molar-refractivity contribution in [3.8, 4) is 0 Å². The number of anilines is 1. The van der Waals surface area contributed by atoms with E-state index in [0.29, 0.717) is 13.0 Å². The van der Waals surface area contributed by atoms with Crippen molar-refractivity contribution in [2.75, 3.05) is 18.4 Å². The van der Waals surface area contributed by atoms with Crippen LogP contribution in [0.3, 0.4) is 0 Å². The van der Waals surface area contributed by atoms with Crippen LogP contribution in [0, 0.1) is 13.8 Å². The Morgan fingerprint density at radius 3 is 2.58 bits per heavy atom. The zero-order valence-corrected chi connectivity index (χ0v) is 14.1. The van der Waals surface area contributed by atoms with E-state index in [0.717, 1.165) is 16.8 Å². The van der Waals surface area contributed by atoms with Crippen LogP contribution in [0.2, 0.25) is 0 Å². The fraction of sp³-hybridized carbons (Fsp3) is 0.300. The lowest BCUT2D eigenvalue weighted by molar-refractivity contribution is -0.131. The molecular weight excluding hydrogens is 300 g/mol. The topological polar surface area (TPSA) is 49.4 Å². The van der Waals surface area contributed by atoms with Gasteiger partial charge in [-0.2, -0.15) is 0 Å². The fourth-order valence-electron chi connectivity index (χ4n) is 3.07. The van der Waals surface area contributed by atoms with E-state index in [4.69, 9.17) is 0 Å². The highest BCUT2D eigenvalue weighted by Crippen LogP contribution is 2.27. The number of amides is 2. The number of likely N-dealkylation sites (tertiary alicyclic amines) is 1. The molecule has 0 radical (unpaired) electrons. The fourth-order valence-corrected chi connectivity index (χ4v) is 3.07. The first kappa shape index (κ1) is 16.2. The molecule has 1 fully saturated rings. The lowest BCUT2D eigenvalue weighted by Crippen LogP contribution is -2.34. The van der Waals surface area contributed by atoms with Crippen molar-refractivity contribution in [2.24, 2.45) is 0 Å². The zero-order chi connectivity index (χ0) is 17.1. The molecule has 1 aliphatic heterocycles. The normalized spacial score (nSPS) is 17.2. The Labute approximate surface area is 142 Å². The second-order valence-electron chi connectivity index (χ2n) is 6.43. The molecule has 0 aliphatic carbocycles. The van der Waals surface area contributed by atoms with Gasteiger partial charge >= 0.3 is 0 Å². The predicted octanol–water partition coefficient (Wildman–Crippen LogP) is 3.26. The van der Waals surface area contributed by atoms with Gasteiger partial charge in [0, 0.05) is 24.6 Å². The Kier molecular flexibility index (Phi) is 4.65. The summed E-state index contributed by atoms with van der Waals surface area (Å²) in [6, 6.07) is 15.8. The Morgan fingerprint density at radius 2 is 1.88 bits per heavy atom. The summed E-state index contributed by atoms with van der Waals surface area (Å²) in [6.45, 7) is 4.76. The van der Waals surface area contributed by atoms with E-state index >= 15 is 0 Å². The Hall–Kier alpha value is -2.62. The molecule has 4 nitrogen and oxygen atoms in total. The quantitative estimate of drug-likeness (QED) is 0.939. The second-order valence-corrected chi connectivity index (χ2v) is 6.43. The molecule has 1 heterocycles. The van der Waals surface area contributed by atoms with Gasteiger partial charge < -0.3 is 10.2 Å². The number of aryl methyl sites for hydroxylation is 2. The zero-order valence-electron chi connectivity index (χ0n) is 14.1. The van der Waals surface area contributed by atoms with Crippen LogP contribution in [0.5, 0.6) is 0 Å². The van der Waals surface area contributed by atoms with E-state index < -0.39 is 0 Å². The van der Waals surface area contributed by atoms with Crippen LogP contribution in [0.4, 0.5) is 5.69 Å². The van der Waals surface area contributed by atoms with E-state index in [1.54, 1.807) is 4.90 Å². The average Bonchev–Trinajstić information content (AvgIpc) is 2.93. The van der Waals surface area contributed by atoms with E-state index in [9.17, 15) is 9.59 Å². The summed E-state index contributed by atoms with van der Waals surface area (Å²) < 4.78 is 0. The first-order valence-electron chi connectivity index (χ1n) is 8.23. The number of nitrogens with one attached hydrogen (secondary N) is 1. The summed E-state index contributed by atoms with van der Waals surface area (Å²) in [5.74, 6) is 0.0625. The van der Waals surface area contributed by atoms with Crippen molar-refractivity contribution in [1.29, 1.82) is 0 Å². The van der Waals surface area contributed by atoms with Gasteiger partial charge in [0.25, 0.3) is 0 Å². The predicted molar refractivity (Wildman–Crippen MR) is 94.9 cm³/mol. The van der Waals surface area contributed by atoms with Gasteiger partial charge in [0.15, 0.2) is 0 Å². The molecule has 1 atom stereocenters. The molecule has 4 heteroatoms. The van der Waals surface area contributed by atoms with Crippen LogP contribution in [-0.2, 0) is 9.59 Å². The third-order valence-corrected chi connectivity index (χ3v) is 4.61. The molecule has 1 aliphatic rings. The monoisotopic (exact) mass is 322 g/mol. The second kappa shape index (κ2) is 6.87. The van der Waals surface area contributed by atoms with Crippen molar-refractivity contribution in [1.82, 2.24) is 4.90 Å². The van der Waals surface area contributed by atoms with Crippen LogP contribution in [0.25, 0.3) is 0 Å². The van der Waals surface area contributed by atoms with Gasteiger partial charge in [-0.05, 0) is 42.7 Å². The van der Waals surface area contributed by atoms with Crippen molar-refractivity contribution < 1.29 is 9.59 Å². The van der Waals surface area contributed by atoms with E-state index in [1.807, 2.05) is 62.4 Å². The number of carbonyl (C=O) groups excluding carboxylic acids is 2. The van der Waals surface area contributed by atoms with Gasteiger partial charge in [0.05, 0.1) is 6.54 Å². The van der Waals surface area contributed by atoms with Crippen LogP contribution in [0.1, 0.15) is 29.0 Å². The minimum Gasteiger partial charge on any atom is -0.333 e. The number of nitrogens with zero attached hydrogens (tertiary/aromatic N) is 1. The van der Waals surface area contributed by atoms with Crippen LogP contribution >= 0.6 is 0 Å². The van der Waals surface area contributed by atoms with Crippen LogP contribution in [0.15, 0.2) is 48.5 Å². The molecule has 24 heavy (non-hydrogen) atoms. The number of hydrogen-bond acceptors (Lipinski definition) is 2. The Balaban J connectivity index is 1.60. The lowest BCUT2D eigenvalue weighted by Gasteiger charge is -2.17. The first-order chi connectivity index (χ1) is 11.5. The standard InChI is InChI=1S/C20H22N2O2/c1-14-8-9-18(10-15(14)2)21-19(23)13-22-12-17(11-20(22)24)16-6-4-3-5-7-16/h3-10,17H,11-13H2,1-2H3,(H,21,23). The van der Waals surface area contributed by atoms with E-state index in [1.165, 1.54) is 5.56 Å². The highest BCUT2D eigenvalue weighted by atomic mass is 16.2. The van der Waals surface area contributed by atoms with Gasteiger partial charge in [-0.3, -0.25) is 9.59 Å². The van der Waals surface area contributed by atoms with Gasteiger partial charge in [-0.1, -0.05) is 36.4 Å². The third-order valence-electron chi connectivity index (χ3n) is 4.61. The van der Waals surface area contributed by atoms with Crippen LogP contribution in [-0.4, -0.2) is 29.8 Å². The van der Waals surface area contributed by atoms with Crippen molar-refractivity contribution >= 4 is 17.5 Å². The van der Waals surface area contributed by atoms with Crippen molar-refractivity contribution in [3.63, 3.8) is 0 Å². The highest BCUT2D eigenvalue weighted by molar-refractivity contribution is 5.95. The first-order valence-corrected chi connectivity index (χ1v) is 8.23. The maximum atomic E-state index is 12.2. The summed E-state index contributed by atoms with van der Waals surface area (Å²) in [4.78, 5) is 26.1. The smallest absolute Gasteiger partial charge is 0.243 e. The maximum Gasteiger partial charge on any atom is 0.243 e. The molecule has 0 saturated carbocycles. The molecule has 0 spiro atoms. The molecule has 1 N–H and O–H groups in total. The van der Waals surface area contributed by atoms with Gasteiger partial charge in [-0.25, -0.2) is 0 Å². The van der Waals surface area contributed by atoms with E-state index in [-0.39, 0.29) is 24.3 Å². The minimum atomic E-state index is -0.152. The Morgan fingerprint density at radius 1 is 1.12 bits per heavy atom. The summed E-state index contributed by atoms with van der Waals surface area (Å²) in [5, 5.41) is 2.88. The average molecular weight is 322 g/mol. The number of rotatable bonds is 4. The maximum absolute atomic E-state index is 12.2. The molecular formula is C20H22N2O2. The molecule has 0 aromatic heterocycles. The molecule has 3 rings (SSSR count). The van der Waals surface area contributed by atoms with E-state index in [2.05, 4.69) is 5.32 Å². The van der Waals surface area contributed by atoms with Gasteiger partial charge in [-0.15, -0.1) is 0 Å². The van der Waals surface area contributed by atoms with Gasteiger partial charge in [0.2, 0.25) is 11.8 Å². The lowest BCUT2D eigenvalue weighted by atomic mass is 9.99. The summed E-state index contributed by atoms with van der Waals surface area (Å²) in [6.07, 6.45) is 0.473. The molecule has 2 aromatic carbocycles. The molecule has 1 saturated heterocycles. The highest BCUT2D eigenvalue weighted by Gasteiger charge is 2.31. The van der Waals surface area contributed by atoms with Crippen LogP contribution < -0.4 is 5.32 Å². The Bertz CT molecular complexity index is 755. The number of benzene rings is 2. The minimum absolute atomic E-state index is 0.0408.